The lowest BCUT2D eigenvalue weighted by Crippen LogP contribution is -2.38. The molecular formula is C12H19N3. The fourth-order valence-corrected chi connectivity index (χ4v) is 2.72. The van der Waals surface area contributed by atoms with Crippen molar-refractivity contribution in [1.82, 2.24) is 9.97 Å². The Morgan fingerprint density at radius 2 is 2.07 bits per heavy atom. The summed E-state index contributed by atoms with van der Waals surface area (Å²) >= 11 is 0. The molecule has 1 saturated carbocycles. The Labute approximate surface area is 91.1 Å². The zero-order chi connectivity index (χ0) is 10.7. The quantitative estimate of drug-likeness (QED) is 0.802. The van der Waals surface area contributed by atoms with Crippen LogP contribution in [0.4, 0.5) is 0 Å². The minimum absolute atomic E-state index is 0.156. The number of nitrogens with two attached hydrogens (primary N) is 1. The molecule has 1 fully saturated rings. The van der Waals surface area contributed by atoms with Crippen LogP contribution in [0, 0.1) is 6.92 Å². The zero-order valence-electron chi connectivity index (χ0n) is 9.37. The van der Waals surface area contributed by atoms with Gasteiger partial charge in [-0.3, -0.25) is 0 Å². The lowest BCUT2D eigenvalue weighted by molar-refractivity contribution is 0.298. The first-order valence-electron chi connectivity index (χ1n) is 5.76. The minimum Gasteiger partial charge on any atom is -0.330 e. The summed E-state index contributed by atoms with van der Waals surface area (Å²) in [5, 5.41) is 0. The summed E-state index contributed by atoms with van der Waals surface area (Å²) in [7, 11) is 0. The van der Waals surface area contributed by atoms with Gasteiger partial charge >= 0.3 is 0 Å². The molecule has 0 amide bonds. The molecule has 15 heavy (non-hydrogen) atoms. The van der Waals surface area contributed by atoms with E-state index in [1.54, 1.807) is 6.33 Å². The van der Waals surface area contributed by atoms with Crippen molar-refractivity contribution >= 4 is 0 Å². The molecule has 1 aromatic heterocycles. The first-order chi connectivity index (χ1) is 7.28. The number of rotatable bonds is 2. The molecular weight excluding hydrogens is 186 g/mol. The van der Waals surface area contributed by atoms with Crippen molar-refractivity contribution in [2.75, 3.05) is 6.54 Å². The molecule has 1 aliphatic rings. The Morgan fingerprint density at radius 1 is 1.33 bits per heavy atom. The summed E-state index contributed by atoms with van der Waals surface area (Å²) in [6.45, 7) is 2.78. The molecule has 1 aliphatic carbocycles. The largest absolute Gasteiger partial charge is 0.330 e. The molecule has 1 aromatic rings. The Bertz CT molecular complexity index is 329. The van der Waals surface area contributed by atoms with Gasteiger partial charge in [0.25, 0.3) is 0 Å². The molecule has 0 atom stereocenters. The van der Waals surface area contributed by atoms with Crippen molar-refractivity contribution in [2.24, 2.45) is 5.73 Å². The monoisotopic (exact) mass is 205 g/mol. The van der Waals surface area contributed by atoms with Gasteiger partial charge in [-0.05, 0) is 25.3 Å². The SMILES string of the molecule is Cc1ncncc1C1(CN)CCCCC1. The van der Waals surface area contributed by atoms with Crippen molar-refractivity contribution in [3.63, 3.8) is 0 Å². The summed E-state index contributed by atoms with van der Waals surface area (Å²) in [4.78, 5) is 8.43. The number of aryl methyl sites for hydroxylation is 1. The van der Waals surface area contributed by atoms with Crippen molar-refractivity contribution in [3.8, 4) is 0 Å². The predicted molar refractivity (Wildman–Crippen MR) is 60.6 cm³/mol. The van der Waals surface area contributed by atoms with E-state index in [1.807, 2.05) is 6.20 Å². The van der Waals surface area contributed by atoms with Crippen LogP contribution in [0.5, 0.6) is 0 Å². The van der Waals surface area contributed by atoms with Gasteiger partial charge in [0.2, 0.25) is 0 Å². The van der Waals surface area contributed by atoms with E-state index < -0.39 is 0 Å². The molecule has 0 bridgehead atoms. The molecule has 0 saturated heterocycles. The highest BCUT2D eigenvalue weighted by atomic mass is 14.8. The third-order valence-corrected chi connectivity index (χ3v) is 3.68. The molecule has 1 heterocycles. The Balaban J connectivity index is 2.36. The molecule has 2 rings (SSSR count). The smallest absolute Gasteiger partial charge is 0.115 e. The van der Waals surface area contributed by atoms with E-state index in [9.17, 15) is 0 Å². The molecule has 0 aliphatic heterocycles. The van der Waals surface area contributed by atoms with Crippen LogP contribution in [-0.4, -0.2) is 16.5 Å². The van der Waals surface area contributed by atoms with E-state index in [-0.39, 0.29) is 5.41 Å². The van der Waals surface area contributed by atoms with Gasteiger partial charge < -0.3 is 5.73 Å². The van der Waals surface area contributed by atoms with Crippen molar-refractivity contribution in [2.45, 2.75) is 44.4 Å². The van der Waals surface area contributed by atoms with Gasteiger partial charge in [0.05, 0.1) is 0 Å². The van der Waals surface area contributed by atoms with Gasteiger partial charge in [-0.15, -0.1) is 0 Å². The molecule has 3 heteroatoms. The normalized spacial score (nSPS) is 20.1. The fraction of sp³-hybridized carbons (Fsp3) is 0.667. The second-order valence-electron chi connectivity index (χ2n) is 4.57. The van der Waals surface area contributed by atoms with Crippen LogP contribution in [-0.2, 0) is 5.41 Å². The lowest BCUT2D eigenvalue weighted by atomic mass is 9.69. The molecule has 0 aromatic carbocycles. The van der Waals surface area contributed by atoms with Gasteiger partial charge in [0.1, 0.15) is 6.33 Å². The second-order valence-corrected chi connectivity index (χ2v) is 4.57. The highest BCUT2D eigenvalue weighted by Crippen LogP contribution is 2.39. The summed E-state index contributed by atoms with van der Waals surface area (Å²) in [5.74, 6) is 0. The molecule has 0 radical (unpaired) electrons. The van der Waals surface area contributed by atoms with Crippen molar-refractivity contribution < 1.29 is 0 Å². The predicted octanol–water partition coefficient (Wildman–Crippen LogP) is 1.95. The van der Waals surface area contributed by atoms with E-state index >= 15 is 0 Å². The van der Waals surface area contributed by atoms with E-state index in [0.717, 1.165) is 12.2 Å². The molecule has 0 spiro atoms. The van der Waals surface area contributed by atoms with E-state index in [1.165, 1.54) is 37.7 Å². The van der Waals surface area contributed by atoms with Crippen LogP contribution in [0.1, 0.15) is 43.4 Å². The maximum Gasteiger partial charge on any atom is 0.115 e. The van der Waals surface area contributed by atoms with Gasteiger partial charge in [-0.25, -0.2) is 9.97 Å². The Hall–Kier alpha value is -0.960. The number of nitrogens with zero attached hydrogens (tertiary/aromatic N) is 2. The lowest BCUT2D eigenvalue weighted by Gasteiger charge is -2.37. The van der Waals surface area contributed by atoms with Gasteiger partial charge in [-0.1, -0.05) is 19.3 Å². The summed E-state index contributed by atoms with van der Waals surface area (Å²) in [5.41, 5.74) is 8.51. The van der Waals surface area contributed by atoms with E-state index in [4.69, 9.17) is 5.73 Å². The van der Waals surface area contributed by atoms with Gasteiger partial charge in [-0.2, -0.15) is 0 Å². The van der Waals surface area contributed by atoms with Crippen LogP contribution in [0.25, 0.3) is 0 Å². The van der Waals surface area contributed by atoms with Gasteiger partial charge in [0.15, 0.2) is 0 Å². The van der Waals surface area contributed by atoms with E-state index in [0.29, 0.717) is 0 Å². The number of hydrogen-bond acceptors (Lipinski definition) is 3. The molecule has 0 unspecified atom stereocenters. The fourth-order valence-electron chi connectivity index (χ4n) is 2.72. The maximum atomic E-state index is 5.98. The van der Waals surface area contributed by atoms with Crippen LogP contribution in [0.15, 0.2) is 12.5 Å². The van der Waals surface area contributed by atoms with Crippen molar-refractivity contribution in [1.29, 1.82) is 0 Å². The van der Waals surface area contributed by atoms with Crippen molar-refractivity contribution in [3.05, 3.63) is 23.8 Å². The number of aromatic nitrogens is 2. The Morgan fingerprint density at radius 3 is 2.67 bits per heavy atom. The summed E-state index contributed by atoms with van der Waals surface area (Å²) in [6.07, 6.45) is 9.87. The van der Waals surface area contributed by atoms with Crippen LogP contribution >= 0.6 is 0 Å². The third kappa shape index (κ3) is 1.88. The highest BCUT2D eigenvalue weighted by molar-refractivity contribution is 5.27. The number of hydrogen-bond donors (Lipinski definition) is 1. The average Bonchev–Trinajstić information content (AvgIpc) is 2.30. The van der Waals surface area contributed by atoms with Crippen LogP contribution in [0.2, 0.25) is 0 Å². The first kappa shape index (κ1) is 10.6. The van der Waals surface area contributed by atoms with Crippen LogP contribution < -0.4 is 5.73 Å². The minimum atomic E-state index is 0.156. The highest BCUT2D eigenvalue weighted by Gasteiger charge is 2.34. The first-order valence-corrected chi connectivity index (χ1v) is 5.76. The third-order valence-electron chi connectivity index (χ3n) is 3.68. The standard InChI is InChI=1S/C12H19N3/c1-10-11(7-14-9-15-10)12(8-13)5-3-2-4-6-12/h7,9H,2-6,8,13H2,1H3. The summed E-state index contributed by atoms with van der Waals surface area (Å²) in [6, 6.07) is 0. The van der Waals surface area contributed by atoms with E-state index in [2.05, 4.69) is 16.9 Å². The maximum absolute atomic E-state index is 5.98. The average molecular weight is 205 g/mol. The molecule has 3 nitrogen and oxygen atoms in total. The zero-order valence-corrected chi connectivity index (χ0v) is 9.37. The molecule has 82 valence electrons. The topological polar surface area (TPSA) is 51.8 Å². The van der Waals surface area contributed by atoms with Gasteiger partial charge in [0, 0.05) is 23.9 Å². The second kappa shape index (κ2) is 4.27. The molecule has 2 N–H and O–H groups in total. The Kier molecular flexibility index (Phi) is 3.00. The van der Waals surface area contributed by atoms with Crippen LogP contribution in [0.3, 0.4) is 0 Å². The summed E-state index contributed by atoms with van der Waals surface area (Å²) < 4.78 is 0.